The fourth-order valence-electron chi connectivity index (χ4n) is 0.719. The fourth-order valence-corrected chi connectivity index (χ4v) is 1.15. The normalized spacial score (nSPS) is 9.50. The molecule has 0 aliphatic carbocycles. The maximum Gasteiger partial charge on any atom is 0.325 e. The number of rotatable bonds is 4. The molecule has 0 bridgehead atoms. The molecule has 0 aromatic carbocycles. The molecule has 14 heavy (non-hydrogen) atoms. The summed E-state index contributed by atoms with van der Waals surface area (Å²) in [5.41, 5.74) is 0. The van der Waals surface area contributed by atoms with Crippen molar-refractivity contribution in [2.24, 2.45) is 0 Å². The van der Waals surface area contributed by atoms with E-state index in [4.69, 9.17) is 0 Å². The van der Waals surface area contributed by atoms with Crippen molar-refractivity contribution >= 4 is 23.4 Å². The topological polar surface area (TPSA) is 81.2 Å². The molecule has 6 nitrogen and oxygen atoms in total. The van der Waals surface area contributed by atoms with E-state index in [2.05, 4.69) is 19.6 Å². The minimum absolute atomic E-state index is 0.134. The molecule has 0 spiro atoms. The number of carbonyl (C=O) groups is 2. The van der Waals surface area contributed by atoms with E-state index >= 15 is 0 Å². The van der Waals surface area contributed by atoms with E-state index in [0.29, 0.717) is 11.5 Å². The quantitative estimate of drug-likeness (QED) is 0.705. The lowest BCUT2D eigenvalue weighted by Gasteiger charge is -2.02. The van der Waals surface area contributed by atoms with Crippen molar-refractivity contribution in [2.75, 3.05) is 13.2 Å². The molecule has 0 radical (unpaired) electrons. The van der Waals surface area contributed by atoms with Gasteiger partial charge in [-0.25, -0.2) is 0 Å². The summed E-state index contributed by atoms with van der Waals surface area (Å²) >= 11 is 0.971. The predicted molar refractivity (Wildman–Crippen MR) is 48.9 cm³/mol. The van der Waals surface area contributed by atoms with E-state index in [-0.39, 0.29) is 12.5 Å². The Hall–Kier alpha value is -1.50. The summed E-state index contributed by atoms with van der Waals surface area (Å²) in [5, 5.41) is 5.88. The monoisotopic (exact) mass is 215 g/mol. The van der Waals surface area contributed by atoms with Gasteiger partial charge >= 0.3 is 5.97 Å². The number of esters is 1. The Balaban J connectivity index is 2.32. The van der Waals surface area contributed by atoms with Gasteiger partial charge in [-0.15, -0.1) is 5.10 Å². The molecule has 1 aromatic rings. The molecule has 0 saturated heterocycles. The molecule has 76 valence electrons. The van der Waals surface area contributed by atoms with Gasteiger partial charge in [-0.3, -0.25) is 9.59 Å². The van der Waals surface area contributed by atoms with Gasteiger partial charge in [0.25, 0.3) is 5.91 Å². The third-order valence-corrected chi connectivity index (χ3v) is 1.95. The lowest BCUT2D eigenvalue weighted by molar-refractivity contribution is -0.141. The minimum Gasteiger partial charge on any atom is -0.465 e. The van der Waals surface area contributed by atoms with Gasteiger partial charge < -0.3 is 10.1 Å². The number of ether oxygens (including phenoxy) is 1. The van der Waals surface area contributed by atoms with Crippen LogP contribution in [-0.2, 0) is 9.53 Å². The molecule has 0 atom stereocenters. The smallest absolute Gasteiger partial charge is 0.325 e. The number of hydrogen-bond acceptors (Lipinski definition) is 6. The molecule has 1 amide bonds. The molecule has 0 aliphatic rings. The number of amides is 1. The van der Waals surface area contributed by atoms with Crippen LogP contribution in [0.25, 0.3) is 0 Å². The second-order valence-electron chi connectivity index (χ2n) is 2.27. The molecule has 0 aliphatic heterocycles. The summed E-state index contributed by atoms with van der Waals surface area (Å²) in [5.74, 6) is -0.827. The Bertz CT molecular complexity index is 312. The van der Waals surface area contributed by atoms with Crippen molar-refractivity contribution in [2.45, 2.75) is 6.92 Å². The van der Waals surface area contributed by atoms with Gasteiger partial charge in [0.1, 0.15) is 11.4 Å². The Kier molecular flexibility index (Phi) is 3.99. The summed E-state index contributed by atoms with van der Waals surface area (Å²) in [6.07, 6.45) is 1.34. The second-order valence-corrected chi connectivity index (χ2v) is 3.06. The van der Waals surface area contributed by atoms with Crippen LogP contribution in [0.5, 0.6) is 0 Å². The van der Waals surface area contributed by atoms with Crippen LogP contribution in [0.2, 0.25) is 0 Å². The zero-order chi connectivity index (χ0) is 10.4. The van der Waals surface area contributed by atoms with Gasteiger partial charge in [0.15, 0.2) is 0 Å². The Morgan fingerprint density at radius 3 is 3.00 bits per heavy atom. The zero-order valence-corrected chi connectivity index (χ0v) is 8.34. The van der Waals surface area contributed by atoms with Crippen LogP contribution >= 0.6 is 11.5 Å². The number of hydrogen-bond donors (Lipinski definition) is 1. The molecule has 0 fully saturated rings. The van der Waals surface area contributed by atoms with E-state index in [0.717, 1.165) is 11.5 Å². The van der Waals surface area contributed by atoms with Crippen LogP contribution in [0.3, 0.4) is 0 Å². The lowest BCUT2D eigenvalue weighted by atomic mass is 10.5. The molecule has 1 heterocycles. The first-order valence-electron chi connectivity index (χ1n) is 3.95. The summed E-state index contributed by atoms with van der Waals surface area (Å²) in [6, 6.07) is 0. The van der Waals surface area contributed by atoms with Gasteiger partial charge in [-0.2, -0.15) is 0 Å². The summed E-state index contributed by atoms with van der Waals surface area (Å²) in [7, 11) is 0. The first kappa shape index (κ1) is 10.6. The third kappa shape index (κ3) is 3.09. The first-order valence-corrected chi connectivity index (χ1v) is 4.72. The SMILES string of the molecule is CCOC(=O)CNC(=O)c1cnns1. The zero-order valence-electron chi connectivity index (χ0n) is 7.52. The lowest BCUT2D eigenvalue weighted by Crippen LogP contribution is -2.30. The van der Waals surface area contributed by atoms with Crippen molar-refractivity contribution in [3.05, 3.63) is 11.1 Å². The van der Waals surface area contributed by atoms with Crippen molar-refractivity contribution < 1.29 is 14.3 Å². The molecule has 7 heteroatoms. The number of aromatic nitrogens is 2. The largest absolute Gasteiger partial charge is 0.465 e. The molecule has 1 N–H and O–H groups in total. The van der Waals surface area contributed by atoms with Gasteiger partial charge in [0.2, 0.25) is 0 Å². The van der Waals surface area contributed by atoms with E-state index < -0.39 is 5.97 Å². The van der Waals surface area contributed by atoms with Crippen LogP contribution in [0.15, 0.2) is 6.20 Å². The van der Waals surface area contributed by atoms with Crippen molar-refractivity contribution in [3.63, 3.8) is 0 Å². The summed E-state index contributed by atoms with van der Waals surface area (Å²) in [6.45, 7) is 1.87. The fraction of sp³-hybridized carbons (Fsp3) is 0.429. The van der Waals surface area contributed by atoms with Crippen LogP contribution in [0.4, 0.5) is 0 Å². The maximum absolute atomic E-state index is 11.2. The highest BCUT2D eigenvalue weighted by molar-refractivity contribution is 7.07. The number of carbonyl (C=O) groups excluding carboxylic acids is 2. The van der Waals surface area contributed by atoms with Crippen molar-refractivity contribution in [1.29, 1.82) is 0 Å². The van der Waals surface area contributed by atoms with Crippen molar-refractivity contribution in [1.82, 2.24) is 14.9 Å². The van der Waals surface area contributed by atoms with Crippen LogP contribution in [0, 0.1) is 0 Å². The summed E-state index contributed by atoms with van der Waals surface area (Å²) in [4.78, 5) is 22.4. The highest BCUT2D eigenvalue weighted by Gasteiger charge is 2.09. The molecular formula is C7H9N3O3S. The van der Waals surface area contributed by atoms with Crippen LogP contribution in [0.1, 0.15) is 16.6 Å². The van der Waals surface area contributed by atoms with E-state index in [1.807, 2.05) is 0 Å². The Morgan fingerprint density at radius 1 is 1.64 bits per heavy atom. The molecular weight excluding hydrogens is 206 g/mol. The Labute approximate surface area is 84.4 Å². The predicted octanol–water partition coefficient (Wildman–Crippen LogP) is -0.169. The highest BCUT2D eigenvalue weighted by atomic mass is 32.1. The first-order chi connectivity index (χ1) is 6.74. The molecule has 0 saturated carbocycles. The van der Waals surface area contributed by atoms with Gasteiger partial charge in [0.05, 0.1) is 12.8 Å². The minimum atomic E-state index is -0.460. The third-order valence-electron chi connectivity index (χ3n) is 1.28. The number of nitrogens with one attached hydrogen (secondary N) is 1. The van der Waals surface area contributed by atoms with Crippen LogP contribution in [-0.4, -0.2) is 34.6 Å². The van der Waals surface area contributed by atoms with E-state index in [1.54, 1.807) is 6.92 Å². The van der Waals surface area contributed by atoms with E-state index in [9.17, 15) is 9.59 Å². The summed E-state index contributed by atoms with van der Waals surface area (Å²) < 4.78 is 8.15. The van der Waals surface area contributed by atoms with Crippen LogP contribution < -0.4 is 5.32 Å². The molecule has 1 rings (SSSR count). The second kappa shape index (κ2) is 5.28. The van der Waals surface area contributed by atoms with Gasteiger partial charge in [-0.05, 0) is 18.5 Å². The molecule has 1 aromatic heterocycles. The van der Waals surface area contributed by atoms with Gasteiger partial charge in [-0.1, -0.05) is 4.49 Å². The van der Waals surface area contributed by atoms with Gasteiger partial charge in [0, 0.05) is 0 Å². The average molecular weight is 215 g/mol. The standard InChI is InChI=1S/C7H9N3O3S/c1-2-13-6(11)4-8-7(12)5-3-9-10-14-5/h3H,2,4H2,1H3,(H,8,12). The maximum atomic E-state index is 11.2. The Morgan fingerprint density at radius 2 is 2.43 bits per heavy atom. The highest BCUT2D eigenvalue weighted by Crippen LogP contribution is 2.00. The van der Waals surface area contributed by atoms with E-state index in [1.165, 1.54) is 6.20 Å². The molecule has 0 unspecified atom stereocenters. The van der Waals surface area contributed by atoms with Crippen molar-refractivity contribution in [3.8, 4) is 0 Å². The number of nitrogens with zero attached hydrogens (tertiary/aromatic N) is 2. The average Bonchev–Trinajstić information content (AvgIpc) is 2.67.